The van der Waals surface area contributed by atoms with Crippen LogP contribution in [0, 0.1) is 4.77 Å². The van der Waals surface area contributed by atoms with E-state index >= 15 is 0 Å². The van der Waals surface area contributed by atoms with Crippen molar-refractivity contribution < 1.29 is 16.8 Å². The Morgan fingerprint density at radius 3 is 1.36 bits per heavy atom. The van der Waals surface area contributed by atoms with Crippen LogP contribution in [-0.4, -0.2) is 76.3 Å². The minimum atomic E-state index is -3.85. The molecule has 0 spiro atoms. The second-order valence-corrected chi connectivity index (χ2v) is 17.0. The standard InChI is InChI=1S/C16H15N3S.C9H8ClN3O2S.C9H10N4O2S.C2H3N3S/c1-3-7-14(8-4-1)11-19-13-17-16(18-19)20-12-15-9-5-2-6-10-15;2*10-16(14,15)9-11-7-13(12-9)6-8-4-2-1-3-5-8;6-2-3-1-4-5-2/h1-10,13H,11-12H2;1-5,7H,6H2;1-5,7H,6H2,(H2,10,14,15);1H,(H2,3,4,5,6). The predicted octanol–water partition coefficient (Wildman–Crippen LogP) is 5.31. The number of thioether (sulfide) groups is 1. The molecule has 4 N–H and O–H groups in total. The fourth-order valence-corrected chi connectivity index (χ4v) is 6.50. The van der Waals surface area contributed by atoms with E-state index in [0.29, 0.717) is 17.9 Å². The van der Waals surface area contributed by atoms with E-state index in [0.717, 1.165) is 28.6 Å². The van der Waals surface area contributed by atoms with Crippen LogP contribution in [0.1, 0.15) is 22.3 Å². The Hall–Kier alpha value is -5.84. The molecular formula is C36H36ClN13O4S4. The molecule has 0 bridgehead atoms. The average molecular weight is 878 g/mol. The van der Waals surface area contributed by atoms with Crippen molar-refractivity contribution in [3.8, 4) is 0 Å². The van der Waals surface area contributed by atoms with Gasteiger partial charge in [-0.05, 0) is 34.5 Å². The molecule has 8 aromatic rings. The van der Waals surface area contributed by atoms with Gasteiger partial charge in [0.05, 0.1) is 19.6 Å². The summed E-state index contributed by atoms with van der Waals surface area (Å²) in [5.41, 5.74) is 4.54. The van der Waals surface area contributed by atoms with Gasteiger partial charge in [-0.2, -0.15) is 0 Å². The lowest BCUT2D eigenvalue weighted by Gasteiger charge is -2.00. The van der Waals surface area contributed by atoms with Gasteiger partial charge in [-0.3, -0.25) is 10.2 Å². The molecular weight excluding hydrogens is 842 g/mol. The van der Waals surface area contributed by atoms with E-state index in [1.54, 1.807) is 18.1 Å². The number of benzene rings is 4. The van der Waals surface area contributed by atoms with Crippen LogP contribution in [-0.2, 0) is 44.5 Å². The number of aromatic amines is 2. The smallest absolute Gasteiger partial charge is 0.288 e. The monoisotopic (exact) mass is 877 g/mol. The van der Waals surface area contributed by atoms with Crippen molar-refractivity contribution in [2.24, 2.45) is 5.14 Å². The fraction of sp³-hybridized carbons (Fsp3) is 0.111. The maximum absolute atomic E-state index is 10.9. The molecule has 0 aliphatic rings. The first-order chi connectivity index (χ1) is 27.9. The van der Waals surface area contributed by atoms with Crippen LogP contribution < -0.4 is 5.14 Å². The topological polar surface area (TPSA) is 231 Å². The summed E-state index contributed by atoms with van der Waals surface area (Å²) in [5.74, 6) is 0.899. The van der Waals surface area contributed by atoms with Gasteiger partial charge < -0.3 is 0 Å². The number of nitrogens with one attached hydrogen (secondary N) is 2. The Morgan fingerprint density at radius 1 is 0.586 bits per heavy atom. The number of rotatable bonds is 11. The first-order valence-corrected chi connectivity index (χ1v) is 22.2. The van der Waals surface area contributed by atoms with Gasteiger partial charge in [0.25, 0.3) is 29.4 Å². The number of hydrogen-bond donors (Lipinski definition) is 3. The van der Waals surface area contributed by atoms with Crippen molar-refractivity contribution in [1.82, 2.24) is 59.5 Å². The molecule has 8 rings (SSSR count). The third-order valence-corrected chi connectivity index (χ3v) is 10.1. The minimum Gasteiger partial charge on any atom is -0.288 e. The maximum Gasteiger partial charge on any atom is 0.298 e. The van der Waals surface area contributed by atoms with E-state index in [1.165, 1.54) is 39.5 Å². The van der Waals surface area contributed by atoms with Gasteiger partial charge in [0.2, 0.25) is 9.93 Å². The predicted molar refractivity (Wildman–Crippen MR) is 221 cm³/mol. The normalized spacial score (nSPS) is 10.9. The summed E-state index contributed by atoms with van der Waals surface area (Å²) in [6.07, 6.45) is 5.97. The van der Waals surface area contributed by atoms with Crippen LogP contribution >= 0.6 is 34.7 Å². The SMILES string of the molecule is NS(=O)(=O)c1ncn(Cc2ccccc2)n1.O=S(=O)(Cl)c1ncn(Cc2ccccc2)n1.S=c1nc[nH][nH]1.c1ccc(CSc2ncn(Cc3ccccc3)n2)cc1. The molecule has 22 heteroatoms. The molecule has 300 valence electrons. The fourth-order valence-electron chi connectivity index (χ4n) is 4.62. The maximum atomic E-state index is 10.9. The molecule has 4 aromatic heterocycles. The zero-order valence-corrected chi connectivity index (χ0v) is 34.4. The minimum absolute atomic E-state index is 0.358. The van der Waals surface area contributed by atoms with Crippen molar-refractivity contribution in [2.45, 2.75) is 40.9 Å². The third kappa shape index (κ3) is 15.2. The highest BCUT2D eigenvalue weighted by molar-refractivity contribution is 8.13. The zero-order valence-electron chi connectivity index (χ0n) is 30.4. The van der Waals surface area contributed by atoms with E-state index in [4.69, 9.17) is 15.8 Å². The van der Waals surface area contributed by atoms with Crippen molar-refractivity contribution in [2.75, 3.05) is 0 Å². The Labute approximate surface area is 347 Å². The molecule has 0 amide bonds. The van der Waals surface area contributed by atoms with E-state index in [9.17, 15) is 16.8 Å². The average Bonchev–Trinajstić information content (AvgIpc) is 4.06. The molecule has 0 aliphatic heterocycles. The summed E-state index contributed by atoms with van der Waals surface area (Å²) < 4.78 is 48.9. The summed E-state index contributed by atoms with van der Waals surface area (Å²) in [4.78, 5) is 15.2. The summed E-state index contributed by atoms with van der Waals surface area (Å²) in [5, 5.41) is 22.2. The summed E-state index contributed by atoms with van der Waals surface area (Å²) >= 11 is 6.21. The van der Waals surface area contributed by atoms with E-state index < -0.39 is 19.1 Å². The van der Waals surface area contributed by atoms with Gasteiger partial charge in [0, 0.05) is 16.4 Å². The van der Waals surface area contributed by atoms with Crippen LogP contribution in [0.4, 0.5) is 0 Å². The number of H-pyrrole nitrogens is 2. The number of halogens is 1. The van der Waals surface area contributed by atoms with Crippen LogP contribution in [0.15, 0.2) is 162 Å². The lowest BCUT2D eigenvalue weighted by molar-refractivity contribution is 0.582. The Morgan fingerprint density at radius 2 is 1.00 bits per heavy atom. The number of primary sulfonamides is 1. The molecule has 0 unspecified atom stereocenters. The highest BCUT2D eigenvalue weighted by Crippen LogP contribution is 2.18. The van der Waals surface area contributed by atoms with E-state index in [-0.39, 0.29) is 10.3 Å². The molecule has 0 saturated carbocycles. The van der Waals surface area contributed by atoms with Gasteiger partial charge in [-0.25, -0.2) is 56.0 Å². The molecule has 58 heavy (non-hydrogen) atoms. The van der Waals surface area contributed by atoms with Crippen molar-refractivity contribution >= 4 is 53.7 Å². The lowest BCUT2D eigenvalue weighted by atomic mass is 10.2. The van der Waals surface area contributed by atoms with Crippen LogP contribution in [0.2, 0.25) is 0 Å². The lowest BCUT2D eigenvalue weighted by Crippen LogP contribution is -2.14. The molecule has 0 saturated heterocycles. The molecule has 17 nitrogen and oxygen atoms in total. The van der Waals surface area contributed by atoms with Crippen LogP contribution in [0.25, 0.3) is 0 Å². The van der Waals surface area contributed by atoms with Gasteiger partial charge in [-0.1, -0.05) is 133 Å². The zero-order chi connectivity index (χ0) is 41.2. The first-order valence-electron chi connectivity index (χ1n) is 16.9. The van der Waals surface area contributed by atoms with Crippen molar-refractivity contribution in [3.05, 3.63) is 174 Å². The summed E-state index contributed by atoms with van der Waals surface area (Å²) in [6.45, 7) is 1.68. The van der Waals surface area contributed by atoms with Gasteiger partial charge >= 0.3 is 0 Å². The molecule has 0 fully saturated rings. The number of nitrogens with zero attached hydrogens (tertiary/aromatic N) is 10. The highest BCUT2D eigenvalue weighted by atomic mass is 35.7. The van der Waals surface area contributed by atoms with Gasteiger partial charge in [0.15, 0.2) is 0 Å². The van der Waals surface area contributed by atoms with E-state index in [2.05, 4.69) is 94.0 Å². The van der Waals surface area contributed by atoms with Crippen molar-refractivity contribution in [3.63, 3.8) is 0 Å². The Bertz CT molecular complexity index is 2570. The second kappa shape index (κ2) is 21.6. The molecule has 4 aromatic carbocycles. The first kappa shape index (κ1) is 43.3. The summed E-state index contributed by atoms with van der Waals surface area (Å²) in [6, 6.07) is 39.7. The van der Waals surface area contributed by atoms with Crippen molar-refractivity contribution in [1.29, 1.82) is 0 Å². The van der Waals surface area contributed by atoms with E-state index in [1.807, 2.05) is 89.6 Å². The Balaban J connectivity index is 0.000000155. The van der Waals surface area contributed by atoms with Gasteiger partial charge in [0.1, 0.15) is 25.3 Å². The summed E-state index contributed by atoms with van der Waals surface area (Å²) in [7, 11) is -2.55. The highest BCUT2D eigenvalue weighted by Gasteiger charge is 2.16. The largest absolute Gasteiger partial charge is 0.298 e. The number of hydrogen-bond acceptors (Lipinski definition) is 13. The van der Waals surface area contributed by atoms with Gasteiger partial charge in [-0.15, -0.1) is 15.3 Å². The number of sulfonamides is 1. The molecule has 4 heterocycles. The Kier molecular flexibility index (Phi) is 16.1. The molecule has 0 aliphatic carbocycles. The van der Waals surface area contributed by atoms with Crippen LogP contribution in [0.3, 0.4) is 0 Å². The molecule has 0 radical (unpaired) electrons. The quantitative estimate of drug-likeness (QED) is 0.0851. The number of aromatic nitrogens is 12. The number of nitrogens with two attached hydrogens (primary N) is 1. The second-order valence-electron chi connectivity index (χ2n) is 11.7. The third-order valence-electron chi connectivity index (χ3n) is 7.22. The molecule has 0 atom stereocenters. The van der Waals surface area contributed by atoms with Crippen LogP contribution in [0.5, 0.6) is 0 Å².